The number of amides is 1. The van der Waals surface area contributed by atoms with Gasteiger partial charge in [0.2, 0.25) is 0 Å². The summed E-state index contributed by atoms with van der Waals surface area (Å²) in [6, 6.07) is 14.4. The molecule has 0 aliphatic heterocycles. The Labute approximate surface area is 177 Å². The fourth-order valence-corrected chi connectivity index (χ4v) is 2.60. The highest BCUT2D eigenvalue weighted by Gasteiger charge is 2.10. The van der Waals surface area contributed by atoms with Crippen molar-refractivity contribution in [3.8, 4) is 11.5 Å². The molecule has 1 atom stereocenters. The molecule has 2 aromatic carbocycles. The molecule has 0 heterocycles. The van der Waals surface area contributed by atoms with Crippen molar-refractivity contribution in [1.29, 1.82) is 0 Å². The summed E-state index contributed by atoms with van der Waals surface area (Å²) >= 11 is 5.26. The van der Waals surface area contributed by atoms with Gasteiger partial charge in [0.25, 0.3) is 5.91 Å². The molecule has 0 radical (unpaired) electrons. The minimum Gasteiger partial charge on any atom is -0.491 e. The predicted molar refractivity (Wildman–Crippen MR) is 119 cm³/mol. The second-order valence-electron chi connectivity index (χ2n) is 6.35. The van der Waals surface area contributed by atoms with Gasteiger partial charge in [0.15, 0.2) is 5.11 Å². The predicted octanol–water partition coefficient (Wildman–Crippen LogP) is 4.41. The Morgan fingerprint density at radius 3 is 2.59 bits per heavy atom. The van der Waals surface area contributed by atoms with Crippen LogP contribution >= 0.6 is 12.2 Å². The van der Waals surface area contributed by atoms with Crippen LogP contribution in [0.2, 0.25) is 0 Å². The zero-order valence-corrected chi connectivity index (χ0v) is 17.9. The molecule has 0 aliphatic rings. The molecule has 2 N–H and O–H groups in total. The summed E-state index contributed by atoms with van der Waals surface area (Å²) < 4.78 is 16.6. The van der Waals surface area contributed by atoms with Gasteiger partial charge in [-0.1, -0.05) is 19.1 Å². The number of carbonyl (C=O) groups excluding carboxylic acids is 1. The van der Waals surface area contributed by atoms with E-state index in [4.69, 9.17) is 26.4 Å². The first-order chi connectivity index (χ1) is 14.0. The summed E-state index contributed by atoms with van der Waals surface area (Å²) in [6.07, 6.45) is 0.970. The van der Waals surface area contributed by atoms with Crippen LogP contribution in [0.25, 0.3) is 0 Å². The number of anilines is 1. The highest BCUT2D eigenvalue weighted by Crippen LogP contribution is 2.18. The molecule has 0 aliphatic carbocycles. The van der Waals surface area contributed by atoms with Crippen LogP contribution in [-0.2, 0) is 4.74 Å². The summed E-state index contributed by atoms with van der Waals surface area (Å²) in [7, 11) is 0. The van der Waals surface area contributed by atoms with Gasteiger partial charge in [-0.3, -0.25) is 10.1 Å². The van der Waals surface area contributed by atoms with Gasteiger partial charge >= 0.3 is 0 Å². The fraction of sp³-hybridized carbons (Fsp3) is 0.364. The summed E-state index contributed by atoms with van der Waals surface area (Å²) in [5.41, 5.74) is 1.20. The first-order valence-electron chi connectivity index (χ1n) is 9.71. The Bertz CT molecular complexity index is 813. The summed E-state index contributed by atoms with van der Waals surface area (Å²) in [5.74, 6) is 1.04. The average molecular weight is 417 g/mol. The van der Waals surface area contributed by atoms with Crippen molar-refractivity contribution in [2.24, 2.45) is 0 Å². The van der Waals surface area contributed by atoms with Crippen molar-refractivity contribution in [1.82, 2.24) is 5.32 Å². The topological polar surface area (TPSA) is 68.8 Å². The Morgan fingerprint density at radius 1 is 1.07 bits per heavy atom. The maximum absolute atomic E-state index is 12.5. The molecule has 0 fully saturated rings. The normalized spacial score (nSPS) is 11.4. The van der Waals surface area contributed by atoms with Crippen molar-refractivity contribution in [3.63, 3.8) is 0 Å². The van der Waals surface area contributed by atoms with Crippen LogP contribution in [0.3, 0.4) is 0 Å². The lowest BCUT2D eigenvalue weighted by atomic mass is 10.2. The van der Waals surface area contributed by atoms with E-state index in [1.807, 2.05) is 51.1 Å². The van der Waals surface area contributed by atoms with E-state index in [0.29, 0.717) is 36.9 Å². The summed E-state index contributed by atoms with van der Waals surface area (Å²) in [5, 5.41) is 5.88. The minimum absolute atomic E-state index is 0.0825. The Balaban J connectivity index is 1.90. The van der Waals surface area contributed by atoms with Crippen molar-refractivity contribution in [2.45, 2.75) is 33.3 Å². The average Bonchev–Trinajstić information content (AvgIpc) is 2.71. The number of rotatable bonds is 10. The van der Waals surface area contributed by atoms with E-state index in [-0.39, 0.29) is 17.1 Å². The monoisotopic (exact) mass is 416 g/mol. The van der Waals surface area contributed by atoms with Gasteiger partial charge in [-0.25, -0.2) is 0 Å². The Kier molecular flexibility index (Phi) is 9.40. The van der Waals surface area contributed by atoms with E-state index in [2.05, 4.69) is 10.6 Å². The maximum atomic E-state index is 12.5. The van der Waals surface area contributed by atoms with E-state index in [1.54, 1.807) is 18.2 Å². The van der Waals surface area contributed by atoms with E-state index in [9.17, 15) is 4.79 Å². The minimum atomic E-state index is -0.304. The molecule has 2 aromatic rings. The molecular formula is C22H28N2O4S. The van der Waals surface area contributed by atoms with E-state index >= 15 is 0 Å². The molecule has 0 aromatic heterocycles. The van der Waals surface area contributed by atoms with Gasteiger partial charge in [0.1, 0.15) is 18.1 Å². The van der Waals surface area contributed by atoms with Gasteiger partial charge in [0, 0.05) is 23.9 Å². The van der Waals surface area contributed by atoms with Gasteiger partial charge in [-0.15, -0.1) is 0 Å². The molecule has 156 valence electrons. The molecule has 6 nitrogen and oxygen atoms in total. The number of ether oxygens (including phenoxy) is 3. The third-order valence-corrected chi connectivity index (χ3v) is 4.23. The molecule has 0 saturated heterocycles. The van der Waals surface area contributed by atoms with Crippen LogP contribution in [0.15, 0.2) is 48.5 Å². The lowest BCUT2D eigenvalue weighted by molar-refractivity contribution is 0.0977. The van der Waals surface area contributed by atoms with Crippen LogP contribution in [0, 0.1) is 0 Å². The van der Waals surface area contributed by atoms with Crippen molar-refractivity contribution >= 4 is 28.9 Å². The molecule has 2 rings (SSSR count). The van der Waals surface area contributed by atoms with Gasteiger partial charge in [0.05, 0.1) is 12.7 Å². The van der Waals surface area contributed by atoms with Gasteiger partial charge < -0.3 is 19.5 Å². The SMILES string of the molecule is CCOCCOc1cccc(NC(=S)NC(=O)c2cccc(OC(C)CC)c2)c1. The third-order valence-electron chi connectivity index (χ3n) is 4.03. The van der Waals surface area contributed by atoms with Gasteiger partial charge in [-0.2, -0.15) is 0 Å². The van der Waals surface area contributed by atoms with E-state index < -0.39 is 0 Å². The van der Waals surface area contributed by atoms with Crippen molar-refractivity contribution < 1.29 is 19.0 Å². The lowest BCUT2D eigenvalue weighted by Crippen LogP contribution is -2.34. The molecule has 0 saturated carbocycles. The fourth-order valence-electron chi connectivity index (χ4n) is 2.39. The smallest absolute Gasteiger partial charge is 0.257 e. The summed E-state index contributed by atoms with van der Waals surface area (Å²) in [4.78, 5) is 12.5. The molecule has 7 heteroatoms. The number of hydrogen-bond acceptors (Lipinski definition) is 5. The van der Waals surface area contributed by atoms with Crippen LogP contribution < -0.4 is 20.1 Å². The largest absolute Gasteiger partial charge is 0.491 e. The van der Waals surface area contributed by atoms with Crippen LogP contribution in [0.5, 0.6) is 11.5 Å². The Hall–Kier alpha value is -2.64. The number of nitrogens with one attached hydrogen (secondary N) is 2. The zero-order valence-electron chi connectivity index (χ0n) is 17.1. The van der Waals surface area contributed by atoms with Crippen molar-refractivity contribution in [3.05, 3.63) is 54.1 Å². The van der Waals surface area contributed by atoms with Crippen molar-refractivity contribution in [2.75, 3.05) is 25.1 Å². The number of carbonyl (C=O) groups is 1. The molecule has 1 unspecified atom stereocenters. The quantitative estimate of drug-likeness (QED) is 0.442. The highest BCUT2D eigenvalue weighted by molar-refractivity contribution is 7.80. The molecule has 0 bridgehead atoms. The first-order valence-corrected chi connectivity index (χ1v) is 10.1. The van der Waals surface area contributed by atoms with E-state index in [1.165, 1.54) is 0 Å². The van der Waals surface area contributed by atoms with Crippen LogP contribution in [-0.4, -0.2) is 36.9 Å². The van der Waals surface area contributed by atoms with E-state index in [0.717, 1.165) is 12.1 Å². The highest BCUT2D eigenvalue weighted by atomic mass is 32.1. The van der Waals surface area contributed by atoms with Gasteiger partial charge in [-0.05, 0) is 62.8 Å². The molecule has 0 spiro atoms. The number of thiocarbonyl (C=S) groups is 1. The second-order valence-corrected chi connectivity index (χ2v) is 6.75. The lowest BCUT2D eigenvalue weighted by Gasteiger charge is -2.14. The number of hydrogen-bond donors (Lipinski definition) is 2. The number of benzene rings is 2. The van der Waals surface area contributed by atoms with Crippen LogP contribution in [0.1, 0.15) is 37.6 Å². The molecule has 29 heavy (non-hydrogen) atoms. The second kappa shape index (κ2) is 12.0. The maximum Gasteiger partial charge on any atom is 0.257 e. The first kappa shape index (κ1) is 22.6. The summed E-state index contributed by atoms with van der Waals surface area (Å²) in [6.45, 7) is 7.63. The molecule has 1 amide bonds. The third kappa shape index (κ3) is 8.09. The molecular weight excluding hydrogens is 388 g/mol. The standard InChI is InChI=1S/C22H28N2O4S/c1-4-16(3)28-20-11-6-8-17(14-20)21(25)24-22(29)23-18-9-7-10-19(15-18)27-13-12-26-5-2/h6-11,14-16H,4-5,12-13H2,1-3H3,(H2,23,24,25,29). The van der Waals surface area contributed by atoms with Crippen LogP contribution in [0.4, 0.5) is 5.69 Å². The zero-order chi connectivity index (χ0) is 21.1. The Morgan fingerprint density at radius 2 is 1.83 bits per heavy atom.